The summed E-state index contributed by atoms with van der Waals surface area (Å²) in [6, 6.07) is 10.1. The summed E-state index contributed by atoms with van der Waals surface area (Å²) in [5.74, 6) is 0. The van der Waals surface area contributed by atoms with Gasteiger partial charge in [-0.15, -0.1) is 0 Å². The topological polar surface area (TPSA) is 21.3 Å². The summed E-state index contributed by atoms with van der Waals surface area (Å²) >= 11 is 0. The molecular formula is C15H21NO. The fraction of sp³-hybridized carbons (Fsp3) is 0.600. The van der Waals surface area contributed by atoms with Crippen LogP contribution in [0, 0.1) is 0 Å². The van der Waals surface area contributed by atoms with Crippen molar-refractivity contribution in [2.75, 3.05) is 13.2 Å². The SMILES string of the molecule is c1ccc2c(c1)CC[C@H]2N[C@@H]1CCCOCC1. The Morgan fingerprint density at radius 3 is 3.00 bits per heavy atom. The summed E-state index contributed by atoms with van der Waals surface area (Å²) in [5, 5.41) is 3.83. The minimum atomic E-state index is 0.578. The van der Waals surface area contributed by atoms with E-state index in [9.17, 15) is 0 Å². The van der Waals surface area contributed by atoms with Crippen molar-refractivity contribution >= 4 is 0 Å². The van der Waals surface area contributed by atoms with Crippen LogP contribution >= 0.6 is 0 Å². The van der Waals surface area contributed by atoms with Crippen LogP contribution in [0.15, 0.2) is 24.3 Å². The van der Waals surface area contributed by atoms with Crippen molar-refractivity contribution in [3.63, 3.8) is 0 Å². The monoisotopic (exact) mass is 231 g/mol. The molecule has 0 bridgehead atoms. The number of fused-ring (bicyclic) bond motifs is 1. The van der Waals surface area contributed by atoms with Gasteiger partial charge in [-0.1, -0.05) is 24.3 Å². The fourth-order valence-corrected chi connectivity index (χ4v) is 3.09. The van der Waals surface area contributed by atoms with E-state index in [1.54, 1.807) is 0 Å². The number of hydrogen-bond acceptors (Lipinski definition) is 2. The van der Waals surface area contributed by atoms with Gasteiger partial charge in [0.15, 0.2) is 0 Å². The molecule has 0 unspecified atom stereocenters. The molecule has 0 saturated carbocycles. The van der Waals surface area contributed by atoms with Crippen LogP contribution in [0.5, 0.6) is 0 Å². The van der Waals surface area contributed by atoms with Crippen molar-refractivity contribution in [3.8, 4) is 0 Å². The number of rotatable bonds is 2. The van der Waals surface area contributed by atoms with Crippen LogP contribution < -0.4 is 5.32 Å². The Kier molecular flexibility index (Phi) is 3.44. The molecule has 0 amide bonds. The zero-order valence-corrected chi connectivity index (χ0v) is 10.3. The molecule has 0 spiro atoms. The van der Waals surface area contributed by atoms with Crippen LogP contribution in [0.25, 0.3) is 0 Å². The molecule has 1 aliphatic heterocycles. The van der Waals surface area contributed by atoms with E-state index in [2.05, 4.69) is 29.6 Å². The van der Waals surface area contributed by atoms with Gasteiger partial charge >= 0.3 is 0 Å². The zero-order valence-electron chi connectivity index (χ0n) is 10.3. The van der Waals surface area contributed by atoms with E-state index >= 15 is 0 Å². The second-order valence-electron chi connectivity index (χ2n) is 5.20. The van der Waals surface area contributed by atoms with Crippen molar-refractivity contribution in [1.29, 1.82) is 0 Å². The van der Waals surface area contributed by atoms with Crippen LogP contribution in [-0.4, -0.2) is 19.3 Å². The summed E-state index contributed by atoms with van der Waals surface area (Å²) < 4.78 is 5.52. The molecule has 0 aromatic heterocycles. The summed E-state index contributed by atoms with van der Waals surface area (Å²) in [4.78, 5) is 0. The van der Waals surface area contributed by atoms with Crippen molar-refractivity contribution < 1.29 is 4.74 Å². The minimum Gasteiger partial charge on any atom is -0.381 e. The molecule has 2 aliphatic rings. The molecule has 1 aromatic rings. The van der Waals surface area contributed by atoms with Crippen molar-refractivity contribution in [1.82, 2.24) is 5.32 Å². The third-order valence-corrected chi connectivity index (χ3v) is 4.02. The molecule has 3 rings (SSSR count). The second kappa shape index (κ2) is 5.19. The predicted octanol–water partition coefficient (Wildman–Crippen LogP) is 2.83. The molecule has 0 radical (unpaired) electrons. The first-order valence-corrected chi connectivity index (χ1v) is 6.85. The minimum absolute atomic E-state index is 0.578. The van der Waals surface area contributed by atoms with E-state index in [0.29, 0.717) is 12.1 Å². The van der Waals surface area contributed by atoms with E-state index in [1.165, 1.54) is 43.2 Å². The molecule has 2 heteroatoms. The Labute approximate surface area is 103 Å². The molecule has 1 saturated heterocycles. The number of hydrogen-bond donors (Lipinski definition) is 1. The molecule has 92 valence electrons. The second-order valence-corrected chi connectivity index (χ2v) is 5.20. The van der Waals surface area contributed by atoms with Gasteiger partial charge < -0.3 is 10.1 Å². The van der Waals surface area contributed by atoms with Gasteiger partial charge in [-0.2, -0.15) is 0 Å². The van der Waals surface area contributed by atoms with Gasteiger partial charge in [-0.3, -0.25) is 0 Å². The summed E-state index contributed by atoms with van der Waals surface area (Å²) in [6.07, 6.45) is 6.12. The maximum absolute atomic E-state index is 5.52. The Bertz CT molecular complexity index is 369. The molecule has 2 atom stereocenters. The lowest BCUT2D eigenvalue weighted by atomic mass is 10.0. The van der Waals surface area contributed by atoms with Gasteiger partial charge in [-0.05, 0) is 43.2 Å². The van der Waals surface area contributed by atoms with Crippen molar-refractivity contribution in [2.45, 2.75) is 44.2 Å². The first kappa shape index (κ1) is 11.2. The maximum Gasteiger partial charge on any atom is 0.0480 e. The highest BCUT2D eigenvalue weighted by atomic mass is 16.5. The van der Waals surface area contributed by atoms with Crippen LogP contribution in [0.1, 0.15) is 42.9 Å². The van der Waals surface area contributed by atoms with E-state index in [-0.39, 0.29) is 0 Å². The summed E-state index contributed by atoms with van der Waals surface area (Å²) in [6.45, 7) is 1.87. The molecule has 1 aromatic carbocycles. The van der Waals surface area contributed by atoms with Gasteiger partial charge in [0.2, 0.25) is 0 Å². The van der Waals surface area contributed by atoms with Gasteiger partial charge in [0.05, 0.1) is 0 Å². The van der Waals surface area contributed by atoms with Crippen LogP contribution in [0.4, 0.5) is 0 Å². The molecule has 1 N–H and O–H groups in total. The predicted molar refractivity (Wildman–Crippen MR) is 69.1 cm³/mol. The summed E-state index contributed by atoms with van der Waals surface area (Å²) in [5.41, 5.74) is 3.06. The smallest absolute Gasteiger partial charge is 0.0480 e. The average Bonchev–Trinajstić information content (AvgIpc) is 2.59. The van der Waals surface area contributed by atoms with Gasteiger partial charge in [0.25, 0.3) is 0 Å². The molecule has 17 heavy (non-hydrogen) atoms. The van der Waals surface area contributed by atoms with E-state index in [1.807, 2.05) is 0 Å². The fourth-order valence-electron chi connectivity index (χ4n) is 3.09. The summed E-state index contributed by atoms with van der Waals surface area (Å²) in [7, 11) is 0. The lowest BCUT2D eigenvalue weighted by Gasteiger charge is -2.22. The van der Waals surface area contributed by atoms with E-state index < -0.39 is 0 Å². The van der Waals surface area contributed by atoms with Crippen molar-refractivity contribution in [2.24, 2.45) is 0 Å². The normalized spacial score (nSPS) is 28.7. The van der Waals surface area contributed by atoms with E-state index in [0.717, 1.165) is 13.2 Å². The van der Waals surface area contributed by atoms with Crippen LogP contribution in [0.3, 0.4) is 0 Å². The quantitative estimate of drug-likeness (QED) is 0.845. The molecule has 1 heterocycles. The lowest BCUT2D eigenvalue weighted by molar-refractivity contribution is 0.142. The van der Waals surface area contributed by atoms with Gasteiger partial charge in [0, 0.05) is 25.3 Å². The highest BCUT2D eigenvalue weighted by Crippen LogP contribution is 2.31. The molecule has 1 fully saturated rings. The highest BCUT2D eigenvalue weighted by Gasteiger charge is 2.24. The van der Waals surface area contributed by atoms with Gasteiger partial charge in [0.1, 0.15) is 0 Å². The largest absolute Gasteiger partial charge is 0.381 e. The number of benzene rings is 1. The van der Waals surface area contributed by atoms with Gasteiger partial charge in [-0.25, -0.2) is 0 Å². The third-order valence-electron chi connectivity index (χ3n) is 4.02. The lowest BCUT2D eigenvalue weighted by Crippen LogP contribution is -2.32. The number of ether oxygens (including phenoxy) is 1. The Balaban J connectivity index is 1.66. The molecule has 1 aliphatic carbocycles. The Morgan fingerprint density at radius 1 is 1.06 bits per heavy atom. The average molecular weight is 231 g/mol. The molecular weight excluding hydrogens is 210 g/mol. The van der Waals surface area contributed by atoms with Crippen molar-refractivity contribution in [3.05, 3.63) is 35.4 Å². The van der Waals surface area contributed by atoms with Crippen LogP contribution in [-0.2, 0) is 11.2 Å². The standard InChI is InChI=1S/C15H21NO/c1-2-6-14-12(4-1)7-8-15(14)16-13-5-3-10-17-11-9-13/h1-2,4,6,13,15-16H,3,5,7-11H2/t13-,15-/m1/s1. The zero-order chi connectivity index (χ0) is 11.5. The first-order valence-electron chi connectivity index (χ1n) is 6.85. The third kappa shape index (κ3) is 2.53. The number of nitrogens with one attached hydrogen (secondary N) is 1. The Morgan fingerprint density at radius 2 is 2.00 bits per heavy atom. The molecule has 2 nitrogen and oxygen atoms in total. The highest BCUT2D eigenvalue weighted by molar-refractivity contribution is 5.34. The Hall–Kier alpha value is -0.860. The number of aryl methyl sites for hydroxylation is 1. The van der Waals surface area contributed by atoms with E-state index in [4.69, 9.17) is 4.74 Å². The maximum atomic E-state index is 5.52. The first-order chi connectivity index (χ1) is 8.43. The van der Waals surface area contributed by atoms with Crippen LogP contribution in [0.2, 0.25) is 0 Å².